The van der Waals surface area contributed by atoms with E-state index >= 15 is 0 Å². The second-order valence-corrected chi connectivity index (χ2v) is 12.5. The number of hydrogen-bond donors (Lipinski definition) is 4. The van der Waals surface area contributed by atoms with Gasteiger partial charge in [-0.1, -0.05) is 42.0 Å². The van der Waals surface area contributed by atoms with Gasteiger partial charge in [-0.25, -0.2) is 18.1 Å². The molecular formula is C31H32N6O3S. The van der Waals surface area contributed by atoms with Crippen LogP contribution in [0.3, 0.4) is 0 Å². The smallest absolute Gasteiger partial charge is 0.240 e. The molecule has 9 nitrogen and oxygen atoms in total. The van der Waals surface area contributed by atoms with Crippen LogP contribution in [-0.2, 0) is 20.2 Å². The fourth-order valence-corrected chi connectivity index (χ4v) is 6.44. The topological polar surface area (TPSA) is 125 Å². The lowest BCUT2D eigenvalue weighted by Crippen LogP contribution is -2.28. The van der Waals surface area contributed by atoms with E-state index in [1.165, 1.54) is 5.56 Å². The van der Waals surface area contributed by atoms with Crippen molar-refractivity contribution < 1.29 is 13.2 Å². The van der Waals surface area contributed by atoms with Crippen molar-refractivity contribution in [1.29, 1.82) is 0 Å². The predicted molar refractivity (Wildman–Crippen MR) is 161 cm³/mol. The minimum absolute atomic E-state index is 0.0235. The first-order valence-corrected chi connectivity index (χ1v) is 15.2. The van der Waals surface area contributed by atoms with E-state index in [-0.39, 0.29) is 17.3 Å². The van der Waals surface area contributed by atoms with Crippen LogP contribution in [0.4, 0.5) is 23.1 Å². The second-order valence-electron chi connectivity index (χ2n) is 10.7. The Hall–Kier alpha value is -4.28. The molecule has 210 valence electrons. The zero-order valence-corrected chi connectivity index (χ0v) is 23.8. The summed E-state index contributed by atoms with van der Waals surface area (Å²) < 4.78 is 27.9. The molecule has 1 fully saturated rings. The third kappa shape index (κ3) is 5.53. The van der Waals surface area contributed by atoms with E-state index in [9.17, 15) is 13.2 Å². The first kappa shape index (κ1) is 26.9. The number of anilines is 4. The van der Waals surface area contributed by atoms with Gasteiger partial charge in [0.25, 0.3) is 0 Å². The molecule has 1 aliphatic heterocycles. The monoisotopic (exact) mass is 568 g/mol. The van der Waals surface area contributed by atoms with Crippen molar-refractivity contribution in [2.45, 2.75) is 43.4 Å². The predicted octanol–water partition coefficient (Wildman–Crippen LogP) is 5.27. The normalized spacial score (nSPS) is 17.0. The van der Waals surface area contributed by atoms with Crippen LogP contribution in [0.1, 0.15) is 36.0 Å². The highest BCUT2D eigenvalue weighted by Gasteiger charge is 2.51. The molecule has 0 unspecified atom stereocenters. The average molecular weight is 569 g/mol. The van der Waals surface area contributed by atoms with E-state index in [0.29, 0.717) is 30.4 Å². The van der Waals surface area contributed by atoms with Crippen LogP contribution in [0.5, 0.6) is 0 Å². The zero-order valence-electron chi connectivity index (χ0n) is 23.0. The minimum atomic E-state index is -3.61. The largest absolute Gasteiger partial charge is 0.369 e. The summed E-state index contributed by atoms with van der Waals surface area (Å²) in [5.74, 6) is 1.00. The van der Waals surface area contributed by atoms with Crippen LogP contribution in [0.25, 0.3) is 11.1 Å². The summed E-state index contributed by atoms with van der Waals surface area (Å²) in [6, 6.07) is 20.5. The van der Waals surface area contributed by atoms with Crippen molar-refractivity contribution >= 4 is 39.1 Å². The van der Waals surface area contributed by atoms with E-state index < -0.39 is 15.4 Å². The molecule has 2 heterocycles. The van der Waals surface area contributed by atoms with Gasteiger partial charge >= 0.3 is 0 Å². The molecule has 1 saturated carbocycles. The van der Waals surface area contributed by atoms with Crippen LogP contribution in [0.2, 0.25) is 0 Å². The maximum absolute atomic E-state index is 13.4. The molecule has 1 amide bonds. The summed E-state index contributed by atoms with van der Waals surface area (Å²) >= 11 is 0. The molecule has 1 aliphatic carbocycles. The first-order valence-electron chi connectivity index (χ1n) is 13.7. The summed E-state index contributed by atoms with van der Waals surface area (Å²) in [6.45, 7) is 4.94. The molecule has 4 bridgehead atoms. The summed E-state index contributed by atoms with van der Waals surface area (Å²) in [5, 5.41) is 9.56. The Kier molecular flexibility index (Phi) is 6.96. The Balaban J connectivity index is 1.23. The van der Waals surface area contributed by atoms with E-state index in [1.54, 1.807) is 30.5 Å². The average Bonchev–Trinajstić information content (AvgIpc) is 3.75. The van der Waals surface area contributed by atoms with E-state index in [2.05, 4.69) is 62.7 Å². The Morgan fingerprint density at radius 3 is 2.54 bits per heavy atom. The van der Waals surface area contributed by atoms with Crippen LogP contribution in [-0.4, -0.2) is 37.4 Å². The fraction of sp³-hybridized carbons (Fsp3) is 0.258. The van der Waals surface area contributed by atoms with Crippen molar-refractivity contribution in [2.24, 2.45) is 0 Å². The van der Waals surface area contributed by atoms with Crippen molar-refractivity contribution in [1.82, 2.24) is 14.7 Å². The number of carbonyl (C=O) groups excluding carboxylic acids is 1. The Morgan fingerprint density at radius 2 is 1.78 bits per heavy atom. The number of aryl methyl sites for hydroxylation is 2. The van der Waals surface area contributed by atoms with Crippen LogP contribution in [0.15, 0.2) is 77.8 Å². The summed E-state index contributed by atoms with van der Waals surface area (Å²) in [4.78, 5) is 22.7. The molecule has 4 aromatic rings. The standard InChI is InChI=1S/C31H32N6O3S/c1-20-7-12-27(21(2)17-20)31(13-14-31)29(38)35-23-10-8-22(9-11-23)26-19-33-30-36-24-5-3-6-25(18-24)41(39,40)34-16-4-15-32-28(26)37-30/h3,5-12,17-19,34H,4,13-16H2,1-2H3,(H,35,38)(H2,32,33,36,37). The van der Waals surface area contributed by atoms with E-state index in [4.69, 9.17) is 0 Å². The van der Waals surface area contributed by atoms with Gasteiger partial charge in [0, 0.05) is 36.2 Å². The molecule has 0 atom stereocenters. The maximum Gasteiger partial charge on any atom is 0.240 e. The van der Waals surface area contributed by atoms with Crippen molar-refractivity contribution in [2.75, 3.05) is 29.0 Å². The van der Waals surface area contributed by atoms with Gasteiger partial charge in [0.1, 0.15) is 5.82 Å². The lowest BCUT2D eigenvalue weighted by atomic mass is 9.90. The Bertz CT molecular complexity index is 1730. The molecule has 1 aromatic heterocycles. The molecule has 4 N–H and O–H groups in total. The van der Waals surface area contributed by atoms with Gasteiger partial charge in [-0.15, -0.1) is 0 Å². The third-order valence-corrected chi connectivity index (χ3v) is 9.12. The lowest BCUT2D eigenvalue weighted by Gasteiger charge is -2.19. The maximum atomic E-state index is 13.4. The molecule has 0 radical (unpaired) electrons. The van der Waals surface area contributed by atoms with Gasteiger partial charge in [0.15, 0.2) is 0 Å². The summed E-state index contributed by atoms with van der Waals surface area (Å²) in [6.07, 6.45) is 4.00. The highest BCUT2D eigenvalue weighted by Crippen LogP contribution is 2.50. The highest BCUT2D eigenvalue weighted by molar-refractivity contribution is 7.89. The summed E-state index contributed by atoms with van der Waals surface area (Å²) in [7, 11) is -3.61. The SMILES string of the molecule is Cc1ccc(C2(C(=O)Nc3ccc(-c4cnc5nc4NCCCNS(=O)(=O)c4cccc(c4)N5)cc3)CC2)c(C)c1. The van der Waals surface area contributed by atoms with Crippen molar-refractivity contribution in [3.8, 4) is 11.1 Å². The van der Waals surface area contributed by atoms with Gasteiger partial charge in [-0.2, -0.15) is 4.98 Å². The van der Waals surface area contributed by atoms with Crippen LogP contribution in [0, 0.1) is 13.8 Å². The number of rotatable bonds is 4. The highest BCUT2D eigenvalue weighted by atomic mass is 32.2. The van der Waals surface area contributed by atoms with Crippen LogP contribution >= 0.6 is 0 Å². The van der Waals surface area contributed by atoms with E-state index in [1.807, 2.05) is 24.3 Å². The van der Waals surface area contributed by atoms with Crippen molar-refractivity contribution in [3.63, 3.8) is 0 Å². The van der Waals surface area contributed by atoms with E-state index in [0.717, 1.165) is 40.8 Å². The number of hydrogen-bond acceptors (Lipinski definition) is 7. The number of sulfonamides is 1. The zero-order chi connectivity index (χ0) is 28.6. The fourth-order valence-electron chi connectivity index (χ4n) is 5.32. The van der Waals surface area contributed by atoms with Gasteiger partial charge in [0.05, 0.1) is 10.3 Å². The number of benzene rings is 3. The minimum Gasteiger partial charge on any atom is -0.369 e. The van der Waals surface area contributed by atoms with Crippen LogP contribution < -0.4 is 20.7 Å². The molecule has 0 saturated heterocycles. The van der Waals surface area contributed by atoms with Gasteiger partial charge in [0.2, 0.25) is 21.9 Å². The van der Waals surface area contributed by atoms with Crippen molar-refractivity contribution in [3.05, 3.63) is 89.6 Å². The quantitative estimate of drug-likeness (QED) is 0.264. The molecular weight excluding hydrogens is 536 g/mol. The van der Waals surface area contributed by atoms with Gasteiger partial charge in [-0.3, -0.25) is 4.79 Å². The van der Waals surface area contributed by atoms with Gasteiger partial charge in [-0.05, 0) is 80.1 Å². The number of nitrogens with one attached hydrogen (secondary N) is 4. The first-order chi connectivity index (χ1) is 19.7. The molecule has 6 rings (SSSR count). The Labute approximate surface area is 239 Å². The lowest BCUT2D eigenvalue weighted by molar-refractivity contribution is -0.118. The number of carbonyl (C=O) groups is 1. The molecule has 10 heteroatoms. The second kappa shape index (κ2) is 10.6. The Morgan fingerprint density at radius 1 is 0.976 bits per heavy atom. The number of amides is 1. The number of fused-ring (bicyclic) bond motifs is 4. The number of nitrogens with zero attached hydrogens (tertiary/aromatic N) is 2. The molecule has 41 heavy (non-hydrogen) atoms. The number of aromatic nitrogens is 2. The third-order valence-electron chi connectivity index (χ3n) is 7.66. The summed E-state index contributed by atoms with van der Waals surface area (Å²) in [5.41, 5.74) is 5.98. The molecule has 2 aliphatic rings. The van der Waals surface area contributed by atoms with Gasteiger partial charge < -0.3 is 16.0 Å². The molecule has 3 aromatic carbocycles. The molecule has 0 spiro atoms.